The third-order valence-electron chi connectivity index (χ3n) is 13.2. The summed E-state index contributed by atoms with van der Waals surface area (Å²) in [5.41, 5.74) is 14.3. The van der Waals surface area contributed by atoms with Crippen molar-refractivity contribution in [3.05, 3.63) is 23.8 Å². The number of anilines is 2. The van der Waals surface area contributed by atoms with Crippen molar-refractivity contribution in [2.45, 2.75) is 137 Å². The molecule has 4 fully saturated rings. The van der Waals surface area contributed by atoms with Crippen LogP contribution in [0.25, 0.3) is 0 Å². The molecule has 0 aromatic heterocycles. The van der Waals surface area contributed by atoms with E-state index in [1.165, 1.54) is 57.8 Å². The fraction of sp³-hybridized carbons (Fsp3) is 0.789. The van der Waals surface area contributed by atoms with Gasteiger partial charge in [0.15, 0.2) is 0 Å². The van der Waals surface area contributed by atoms with Crippen LogP contribution in [-0.2, 0) is 25.7 Å². The zero-order valence-corrected chi connectivity index (χ0v) is 28.2. The normalized spacial score (nSPS) is 35.3. The van der Waals surface area contributed by atoms with Crippen LogP contribution in [0, 0.1) is 52.3 Å². The highest BCUT2D eigenvalue weighted by atomic mass is 16.5. The molecular weight excluding hydrogens is 548 g/mol. The minimum atomic E-state index is -0.420. The minimum absolute atomic E-state index is 0.0167. The number of fused-ring (bicyclic) bond motifs is 5. The Hall–Kier alpha value is -2.24. The van der Waals surface area contributed by atoms with E-state index in [0.717, 1.165) is 54.8 Å². The first-order chi connectivity index (χ1) is 20.9. The van der Waals surface area contributed by atoms with Gasteiger partial charge in [-0.3, -0.25) is 9.59 Å². The average molecular weight is 609 g/mol. The highest BCUT2D eigenvalue weighted by molar-refractivity contribution is 5.77. The van der Waals surface area contributed by atoms with Crippen LogP contribution in [0.15, 0.2) is 18.2 Å². The van der Waals surface area contributed by atoms with Crippen LogP contribution in [0.5, 0.6) is 0 Å². The van der Waals surface area contributed by atoms with Crippen molar-refractivity contribution in [1.29, 1.82) is 0 Å². The number of nitrogen functional groups attached to an aromatic ring is 2. The van der Waals surface area contributed by atoms with Crippen molar-refractivity contribution in [2.24, 2.45) is 52.3 Å². The molecule has 5 rings (SSSR count). The van der Waals surface area contributed by atoms with Crippen LogP contribution in [0.2, 0.25) is 0 Å². The third kappa shape index (κ3) is 6.94. The number of nitrogens with two attached hydrogens (primary N) is 2. The molecule has 4 N–H and O–H groups in total. The van der Waals surface area contributed by atoms with Gasteiger partial charge < -0.3 is 20.9 Å². The third-order valence-corrected chi connectivity index (χ3v) is 13.2. The van der Waals surface area contributed by atoms with E-state index in [9.17, 15) is 9.59 Å². The molecular formula is C38H60N2O4. The Bertz CT molecular complexity index is 1170. The van der Waals surface area contributed by atoms with Gasteiger partial charge in [0.25, 0.3) is 0 Å². The summed E-state index contributed by atoms with van der Waals surface area (Å²) in [5, 5.41) is 0. The van der Waals surface area contributed by atoms with E-state index < -0.39 is 5.97 Å². The van der Waals surface area contributed by atoms with Gasteiger partial charge in [0.05, 0.1) is 12.8 Å². The SMILES string of the molecule is CC(C)CCCC(C)C1CCC2C3CCC4CC(OC(=O)CCC(=O)OCc5ccc(N)cc5N)CCC4(C)C3CCC12C. The quantitative estimate of drug-likeness (QED) is 0.192. The van der Waals surface area contributed by atoms with E-state index >= 15 is 0 Å². The lowest BCUT2D eigenvalue weighted by Gasteiger charge is -2.61. The second-order valence-corrected chi connectivity index (χ2v) is 16.2. The monoisotopic (exact) mass is 608 g/mol. The summed E-state index contributed by atoms with van der Waals surface area (Å²) >= 11 is 0. The fourth-order valence-corrected chi connectivity index (χ4v) is 10.8. The number of hydrogen-bond donors (Lipinski definition) is 2. The lowest BCUT2D eigenvalue weighted by molar-refractivity contribution is -0.164. The Balaban J connectivity index is 1.09. The minimum Gasteiger partial charge on any atom is -0.462 e. The first kappa shape index (κ1) is 33.1. The van der Waals surface area contributed by atoms with Gasteiger partial charge in [-0.15, -0.1) is 0 Å². The molecule has 0 spiro atoms. The average Bonchev–Trinajstić information content (AvgIpc) is 3.33. The van der Waals surface area contributed by atoms with Gasteiger partial charge in [-0.25, -0.2) is 0 Å². The molecule has 44 heavy (non-hydrogen) atoms. The molecule has 6 heteroatoms. The Morgan fingerprint density at radius 2 is 1.61 bits per heavy atom. The van der Waals surface area contributed by atoms with Crippen molar-refractivity contribution >= 4 is 23.3 Å². The summed E-state index contributed by atoms with van der Waals surface area (Å²) in [6.07, 6.45) is 15.6. The molecule has 4 aliphatic rings. The first-order valence-electron chi connectivity index (χ1n) is 17.9. The number of carbonyl (C=O) groups is 2. The van der Waals surface area contributed by atoms with E-state index in [1.807, 2.05) is 0 Å². The van der Waals surface area contributed by atoms with E-state index in [2.05, 4.69) is 34.6 Å². The van der Waals surface area contributed by atoms with Crippen molar-refractivity contribution in [2.75, 3.05) is 11.5 Å². The molecule has 0 saturated heterocycles. The second-order valence-electron chi connectivity index (χ2n) is 16.2. The number of hydrogen-bond acceptors (Lipinski definition) is 6. The topological polar surface area (TPSA) is 105 Å². The van der Waals surface area contributed by atoms with Crippen LogP contribution >= 0.6 is 0 Å². The van der Waals surface area contributed by atoms with Crippen LogP contribution in [0.1, 0.15) is 130 Å². The zero-order valence-electron chi connectivity index (χ0n) is 28.2. The summed E-state index contributed by atoms with van der Waals surface area (Å²) in [6.45, 7) is 12.6. The van der Waals surface area contributed by atoms with Gasteiger partial charge in [-0.2, -0.15) is 0 Å². The fourth-order valence-electron chi connectivity index (χ4n) is 10.8. The molecule has 1 aromatic carbocycles. The molecule has 0 bridgehead atoms. The van der Waals surface area contributed by atoms with Gasteiger partial charge in [-0.1, -0.05) is 59.9 Å². The molecule has 0 radical (unpaired) electrons. The maximum Gasteiger partial charge on any atom is 0.306 e. The molecule has 246 valence electrons. The molecule has 0 heterocycles. The number of ether oxygens (including phenoxy) is 2. The smallest absolute Gasteiger partial charge is 0.306 e. The van der Waals surface area contributed by atoms with Crippen LogP contribution in [-0.4, -0.2) is 18.0 Å². The van der Waals surface area contributed by atoms with E-state index in [4.69, 9.17) is 20.9 Å². The highest BCUT2D eigenvalue weighted by Crippen LogP contribution is 2.68. The largest absolute Gasteiger partial charge is 0.462 e. The van der Waals surface area contributed by atoms with Crippen molar-refractivity contribution < 1.29 is 19.1 Å². The zero-order chi connectivity index (χ0) is 31.6. The molecule has 4 saturated carbocycles. The summed E-state index contributed by atoms with van der Waals surface area (Å²) < 4.78 is 11.3. The van der Waals surface area contributed by atoms with Gasteiger partial charge in [0.2, 0.25) is 0 Å². The van der Waals surface area contributed by atoms with Crippen LogP contribution in [0.3, 0.4) is 0 Å². The predicted octanol–water partition coefficient (Wildman–Crippen LogP) is 8.71. The summed E-state index contributed by atoms with van der Waals surface area (Å²) in [6, 6.07) is 5.13. The molecule has 6 nitrogen and oxygen atoms in total. The van der Waals surface area contributed by atoms with E-state index in [0.29, 0.717) is 33.7 Å². The highest BCUT2D eigenvalue weighted by Gasteiger charge is 2.60. The number of esters is 2. The van der Waals surface area contributed by atoms with Crippen molar-refractivity contribution in [3.63, 3.8) is 0 Å². The van der Waals surface area contributed by atoms with E-state index in [1.54, 1.807) is 18.2 Å². The molecule has 9 unspecified atom stereocenters. The Morgan fingerprint density at radius 1 is 0.886 bits per heavy atom. The van der Waals surface area contributed by atoms with Gasteiger partial charge >= 0.3 is 11.9 Å². The standard InChI is InChI=1S/C38H60N2O4/c1-24(2)7-6-8-25(3)31-13-14-32-30-12-10-27-21-29(17-19-37(27,4)33(30)18-20-38(31,32)5)44-36(42)16-15-35(41)43-23-26-9-11-28(39)22-34(26)40/h9,11,22,24-25,27,29-33H,6-8,10,12-21,23,39-40H2,1-5H3. The predicted molar refractivity (Wildman–Crippen MR) is 177 cm³/mol. The molecule has 0 amide bonds. The maximum atomic E-state index is 12.7. The van der Waals surface area contributed by atoms with Gasteiger partial charge in [0.1, 0.15) is 12.7 Å². The van der Waals surface area contributed by atoms with Gasteiger partial charge in [-0.05, 0) is 122 Å². The van der Waals surface area contributed by atoms with Crippen LogP contribution in [0.4, 0.5) is 11.4 Å². The molecule has 9 atom stereocenters. The lowest BCUT2D eigenvalue weighted by Crippen LogP contribution is -2.54. The summed E-state index contributed by atoms with van der Waals surface area (Å²) in [7, 11) is 0. The Labute approximate surface area is 266 Å². The molecule has 1 aromatic rings. The van der Waals surface area contributed by atoms with E-state index in [-0.39, 0.29) is 31.5 Å². The van der Waals surface area contributed by atoms with Crippen LogP contribution < -0.4 is 11.5 Å². The molecule has 4 aliphatic carbocycles. The first-order valence-corrected chi connectivity index (χ1v) is 17.9. The second kappa shape index (κ2) is 13.6. The summed E-state index contributed by atoms with van der Waals surface area (Å²) in [4.78, 5) is 25.0. The Morgan fingerprint density at radius 3 is 2.36 bits per heavy atom. The number of rotatable bonds is 11. The van der Waals surface area contributed by atoms with Crippen molar-refractivity contribution in [3.8, 4) is 0 Å². The summed E-state index contributed by atoms with van der Waals surface area (Å²) in [5.74, 6) is 5.06. The number of carbonyl (C=O) groups excluding carboxylic acids is 2. The van der Waals surface area contributed by atoms with Gasteiger partial charge in [0, 0.05) is 16.9 Å². The number of benzene rings is 1. The molecule has 0 aliphatic heterocycles. The Kier molecular flexibility index (Phi) is 10.3. The maximum absolute atomic E-state index is 12.7. The van der Waals surface area contributed by atoms with Crippen molar-refractivity contribution in [1.82, 2.24) is 0 Å². The lowest BCUT2D eigenvalue weighted by atomic mass is 9.44.